The van der Waals surface area contributed by atoms with E-state index in [1.165, 1.54) is 74.1 Å². The Morgan fingerprint density at radius 1 is 0.419 bits per heavy atom. The molecule has 0 amide bonds. The Morgan fingerprint density at radius 3 is 1.24 bits per heavy atom. The van der Waals surface area contributed by atoms with Gasteiger partial charge < -0.3 is 43.0 Å². The molecule has 5 aromatic rings. The van der Waals surface area contributed by atoms with E-state index < -0.39 is 0 Å². The van der Waals surface area contributed by atoms with E-state index in [1.807, 2.05) is 42.5 Å². The molecule has 62 heavy (non-hydrogen) atoms. The van der Waals surface area contributed by atoms with Gasteiger partial charge in [-0.3, -0.25) is 0 Å². The van der Waals surface area contributed by atoms with E-state index in [2.05, 4.69) is 82.6 Å². The van der Waals surface area contributed by atoms with Crippen molar-refractivity contribution in [2.24, 2.45) is 11.8 Å². The van der Waals surface area contributed by atoms with Crippen LogP contribution in [0, 0.1) is 11.8 Å². The van der Waals surface area contributed by atoms with Crippen LogP contribution in [0.2, 0.25) is 0 Å². The minimum absolute atomic E-state index is 0.755. The van der Waals surface area contributed by atoms with Gasteiger partial charge in [0.15, 0.2) is 23.0 Å². The first-order chi connectivity index (χ1) is 30.5. The lowest BCUT2D eigenvalue weighted by atomic mass is 9.93. The molecule has 0 unspecified atom stereocenters. The molecule has 0 spiro atoms. The van der Waals surface area contributed by atoms with Crippen molar-refractivity contribution >= 4 is 0 Å². The van der Waals surface area contributed by atoms with Gasteiger partial charge >= 0.3 is 0 Å². The van der Waals surface area contributed by atoms with Gasteiger partial charge in [0, 0.05) is 13.1 Å². The first-order valence-electron chi connectivity index (χ1n) is 22.4. The summed E-state index contributed by atoms with van der Waals surface area (Å²) in [5, 5.41) is 0. The predicted octanol–water partition coefficient (Wildman–Crippen LogP) is 10.5. The second-order valence-electron chi connectivity index (χ2n) is 16.3. The second kappa shape index (κ2) is 24.9. The lowest BCUT2D eigenvalue weighted by Gasteiger charge is -2.32. The van der Waals surface area contributed by atoms with Gasteiger partial charge in [0.05, 0.1) is 48.8 Å². The van der Waals surface area contributed by atoms with Crippen molar-refractivity contribution in [1.82, 2.24) is 9.80 Å². The highest BCUT2D eigenvalue weighted by Gasteiger charge is 2.21. The maximum absolute atomic E-state index is 6.04. The maximum atomic E-state index is 6.04. The number of likely N-dealkylation sites (tertiary alicyclic amines) is 2. The zero-order chi connectivity index (χ0) is 43.4. The van der Waals surface area contributed by atoms with Crippen molar-refractivity contribution in [3.8, 4) is 51.4 Å². The van der Waals surface area contributed by atoms with Crippen molar-refractivity contribution < 1.29 is 33.2 Å². The van der Waals surface area contributed by atoms with Crippen LogP contribution >= 0.6 is 0 Å². The van der Waals surface area contributed by atoms with E-state index in [0.717, 1.165) is 104 Å². The van der Waals surface area contributed by atoms with Crippen LogP contribution in [-0.4, -0.2) is 97.8 Å². The lowest BCUT2D eigenvalue weighted by Crippen LogP contribution is -2.35. The first-order valence-corrected chi connectivity index (χ1v) is 22.4. The Labute approximate surface area is 370 Å². The minimum Gasteiger partial charge on any atom is -0.497 e. The van der Waals surface area contributed by atoms with Crippen molar-refractivity contribution in [1.29, 1.82) is 0 Å². The molecule has 332 valence electrons. The number of hydrogen-bond donors (Lipinski definition) is 0. The third kappa shape index (κ3) is 14.3. The van der Waals surface area contributed by atoms with Crippen LogP contribution in [0.15, 0.2) is 115 Å². The van der Waals surface area contributed by atoms with Gasteiger partial charge in [-0.15, -0.1) is 0 Å². The van der Waals surface area contributed by atoms with E-state index in [0.29, 0.717) is 0 Å². The highest BCUT2D eigenvalue weighted by atomic mass is 16.5. The van der Waals surface area contributed by atoms with Gasteiger partial charge in [-0.25, -0.2) is 0 Å². The van der Waals surface area contributed by atoms with Crippen LogP contribution in [0.3, 0.4) is 0 Å². The van der Waals surface area contributed by atoms with Crippen molar-refractivity contribution in [3.05, 3.63) is 126 Å². The molecule has 2 fully saturated rings. The summed E-state index contributed by atoms with van der Waals surface area (Å²) in [6, 6.07) is 39.1. The topological polar surface area (TPSA) is 71.1 Å². The monoisotopic (exact) mass is 845 g/mol. The normalized spacial score (nSPS) is 14.9. The highest BCUT2D eigenvalue weighted by Crippen LogP contribution is 2.30. The fourth-order valence-electron chi connectivity index (χ4n) is 8.38. The van der Waals surface area contributed by atoms with Crippen molar-refractivity contribution in [2.45, 2.75) is 51.4 Å². The average Bonchev–Trinajstić information content (AvgIpc) is 3.34. The number of rotatable bonds is 20. The Hall–Kier alpha value is -5.38. The molecule has 0 aromatic heterocycles. The first kappa shape index (κ1) is 46.1. The summed E-state index contributed by atoms with van der Waals surface area (Å²) >= 11 is 0. The largest absolute Gasteiger partial charge is 0.497 e. The van der Waals surface area contributed by atoms with Gasteiger partial charge in [-0.05, 0) is 172 Å². The standard InChI is InChI=1S/C29H35NO3.C24H33NO4/c1-31-28-13-8-24(22-29(28)32-2)16-20-30-18-14-23(15-19-30)17-21-33-27-11-9-26(10-12-27)25-6-4-3-5-7-25;1-26-21-5-7-22(8-6-21)29-17-13-19-10-14-25(15-11-19)16-12-20-4-9-23(27-2)24(18-20)28-3/h3-13,22-23H,14-21H2,1-2H3;4-9,18-19H,10-17H2,1-3H3. The SMILES string of the molecule is COc1ccc(CCN2CCC(CCOc3ccc(-c4ccccc4)cc3)CC2)cc1OC.COc1ccc(OCCC2CCN(CCc3ccc(OC)c(OC)c3)CC2)cc1. The number of benzene rings is 5. The third-order valence-electron chi connectivity index (χ3n) is 12.4. The molecule has 2 aliphatic rings. The van der Waals surface area contributed by atoms with E-state index >= 15 is 0 Å². The quantitative estimate of drug-likeness (QED) is 0.0762. The van der Waals surface area contributed by atoms with Crippen LogP contribution in [0.25, 0.3) is 11.1 Å². The highest BCUT2D eigenvalue weighted by molar-refractivity contribution is 5.63. The van der Waals surface area contributed by atoms with Gasteiger partial charge in [0.2, 0.25) is 0 Å². The molecule has 0 radical (unpaired) electrons. The molecule has 5 aromatic carbocycles. The van der Waals surface area contributed by atoms with Crippen LogP contribution in [0.5, 0.6) is 40.2 Å². The number of hydrogen-bond acceptors (Lipinski definition) is 9. The molecule has 9 heteroatoms. The Morgan fingerprint density at radius 2 is 0.823 bits per heavy atom. The van der Waals surface area contributed by atoms with E-state index in [4.69, 9.17) is 33.2 Å². The molecule has 2 aliphatic heterocycles. The van der Waals surface area contributed by atoms with Crippen LogP contribution < -0.4 is 33.2 Å². The van der Waals surface area contributed by atoms with Gasteiger partial charge in [-0.2, -0.15) is 0 Å². The summed E-state index contributed by atoms with van der Waals surface area (Å²) in [4.78, 5) is 5.15. The van der Waals surface area contributed by atoms with Crippen molar-refractivity contribution in [3.63, 3.8) is 0 Å². The summed E-state index contributed by atoms with van der Waals surface area (Å²) in [5.74, 6) is 7.43. The number of nitrogens with zero attached hydrogens (tertiary/aromatic N) is 2. The van der Waals surface area contributed by atoms with Gasteiger partial charge in [0.1, 0.15) is 17.2 Å². The van der Waals surface area contributed by atoms with Crippen LogP contribution in [-0.2, 0) is 12.8 Å². The number of ether oxygens (including phenoxy) is 7. The Bertz CT molecular complexity index is 2010. The molecule has 0 atom stereocenters. The summed E-state index contributed by atoms with van der Waals surface area (Å²) < 4.78 is 38.6. The molecule has 0 saturated carbocycles. The third-order valence-corrected chi connectivity index (χ3v) is 12.4. The molecule has 9 nitrogen and oxygen atoms in total. The van der Waals surface area contributed by atoms with Gasteiger partial charge in [0.25, 0.3) is 0 Å². The zero-order valence-corrected chi connectivity index (χ0v) is 37.7. The average molecular weight is 845 g/mol. The Kier molecular flexibility index (Phi) is 18.5. The molecule has 0 bridgehead atoms. The molecule has 0 aliphatic carbocycles. The minimum atomic E-state index is 0.755. The smallest absolute Gasteiger partial charge is 0.160 e. The van der Waals surface area contributed by atoms with E-state index in [9.17, 15) is 0 Å². The second-order valence-corrected chi connectivity index (χ2v) is 16.3. The molecular weight excluding hydrogens is 777 g/mol. The van der Waals surface area contributed by atoms with Crippen LogP contribution in [0.1, 0.15) is 49.7 Å². The molecule has 7 rings (SSSR count). The lowest BCUT2D eigenvalue weighted by molar-refractivity contribution is 0.164. The predicted molar refractivity (Wildman–Crippen MR) is 250 cm³/mol. The summed E-state index contributed by atoms with van der Waals surface area (Å²) in [6.07, 6.45) is 9.32. The maximum Gasteiger partial charge on any atom is 0.160 e. The van der Waals surface area contributed by atoms with Gasteiger partial charge in [-0.1, -0.05) is 54.6 Å². The Balaban J connectivity index is 0.000000209. The van der Waals surface area contributed by atoms with E-state index in [-0.39, 0.29) is 0 Å². The summed E-state index contributed by atoms with van der Waals surface area (Å²) in [7, 11) is 8.40. The van der Waals surface area contributed by atoms with Crippen molar-refractivity contribution in [2.75, 3.05) is 88.0 Å². The fourth-order valence-corrected chi connectivity index (χ4v) is 8.38. The molecule has 2 saturated heterocycles. The fraction of sp³-hybridized carbons (Fsp3) is 0.434. The number of methoxy groups -OCH3 is 5. The number of piperidine rings is 2. The summed E-state index contributed by atoms with van der Waals surface area (Å²) in [6.45, 7) is 8.43. The molecule has 2 heterocycles. The molecule has 0 N–H and O–H groups in total. The summed E-state index contributed by atoms with van der Waals surface area (Å²) in [5.41, 5.74) is 5.05. The van der Waals surface area contributed by atoms with E-state index in [1.54, 1.807) is 35.5 Å². The zero-order valence-electron chi connectivity index (χ0n) is 37.7. The van der Waals surface area contributed by atoms with Crippen LogP contribution in [0.4, 0.5) is 0 Å². The molecular formula is C53H68N2O7.